The quantitative estimate of drug-likeness (QED) is 0.795. The summed E-state index contributed by atoms with van der Waals surface area (Å²) in [5.41, 5.74) is 2.01. The minimum atomic E-state index is 0.758. The van der Waals surface area contributed by atoms with Crippen molar-refractivity contribution in [1.82, 2.24) is 9.80 Å². The summed E-state index contributed by atoms with van der Waals surface area (Å²) in [5.74, 6) is 0.842. The molecule has 0 radical (unpaired) electrons. The monoisotopic (exact) mass is 301 g/mol. The summed E-state index contributed by atoms with van der Waals surface area (Å²) < 4.78 is 0. The maximum Gasteiger partial charge on any atom is 0.150 e. The molecule has 0 aliphatic carbocycles. The van der Waals surface area contributed by atoms with Crippen LogP contribution >= 0.6 is 0 Å². The van der Waals surface area contributed by atoms with Crippen molar-refractivity contribution >= 4 is 12.0 Å². The maximum absolute atomic E-state index is 10.7. The summed E-state index contributed by atoms with van der Waals surface area (Å²) in [7, 11) is 2.21. The lowest BCUT2D eigenvalue weighted by atomic mass is 9.95. The molecule has 0 spiro atoms. The summed E-state index contributed by atoms with van der Waals surface area (Å²) in [6, 6.07) is 7.98. The fourth-order valence-corrected chi connectivity index (χ4v) is 3.53. The third-order valence-electron chi connectivity index (χ3n) is 5.12. The van der Waals surface area contributed by atoms with Gasteiger partial charge in [0.1, 0.15) is 6.29 Å². The Morgan fingerprint density at radius 2 is 1.64 bits per heavy atom. The van der Waals surface area contributed by atoms with E-state index in [1.807, 2.05) is 12.1 Å². The number of hydrogen-bond donors (Lipinski definition) is 0. The molecule has 3 rings (SSSR count). The van der Waals surface area contributed by atoms with Gasteiger partial charge < -0.3 is 14.7 Å². The van der Waals surface area contributed by atoms with Gasteiger partial charge in [0.25, 0.3) is 0 Å². The SMILES string of the molecule is CN1CCN(CC2CCN(c3ccc(C=O)cc3)CC2)CC1. The van der Waals surface area contributed by atoms with Gasteiger partial charge in [-0.2, -0.15) is 0 Å². The highest BCUT2D eigenvalue weighted by atomic mass is 16.1. The molecule has 0 aromatic heterocycles. The van der Waals surface area contributed by atoms with Crippen LogP contribution in [-0.2, 0) is 0 Å². The second kappa shape index (κ2) is 7.25. The number of nitrogens with zero attached hydrogens (tertiary/aromatic N) is 3. The van der Waals surface area contributed by atoms with E-state index in [1.165, 1.54) is 51.3 Å². The predicted molar refractivity (Wildman–Crippen MR) is 90.7 cm³/mol. The van der Waals surface area contributed by atoms with Crippen LogP contribution < -0.4 is 4.90 Å². The van der Waals surface area contributed by atoms with Gasteiger partial charge in [0.2, 0.25) is 0 Å². The molecule has 0 N–H and O–H groups in total. The number of aldehydes is 1. The van der Waals surface area contributed by atoms with E-state index >= 15 is 0 Å². The Kier molecular flexibility index (Phi) is 5.11. The van der Waals surface area contributed by atoms with E-state index in [9.17, 15) is 4.79 Å². The molecule has 0 atom stereocenters. The first kappa shape index (κ1) is 15.5. The van der Waals surface area contributed by atoms with Crippen molar-refractivity contribution in [2.24, 2.45) is 5.92 Å². The van der Waals surface area contributed by atoms with Crippen LogP contribution in [0, 0.1) is 5.92 Å². The summed E-state index contributed by atoms with van der Waals surface area (Å²) in [6.45, 7) is 8.42. The van der Waals surface area contributed by atoms with E-state index < -0.39 is 0 Å². The number of carbonyl (C=O) groups is 1. The molecule has 2 aliphatic rings. The van der Waals surface area contributed by atoms with Gasteiger partial charge in [-0.05, 0) is 50.1 Å². The summed E-state index contributed by atoms with van der Waals surface area (Å²) in [4.78, 5) is 18.2. The van der Waals surface area contributed by atoms with Crippen LogP contribution in [0.1, 0.15) is 23.2 Å². The highest BCUT2D eigenvalue weighted by Gasteiger charge is 2.23. The lowest BCUT2D eigenvalue weighted by molar-refractivity contribution is 0.112. The third kappa shape index (κ3) is 3.87. The van der Waals surface area contributed by atoms with Crippen LogP contribution in [0.2, 0.25) is 0 Å². The number of anilines is 1. The fraction of sp³-hybridized carbons (Fsp3) is 0.611. The van der Waals surface area contributed by atoms with Crippen LogP contribution in [0.15, 0.2) is 24.3 Å². The molecule has 0 saturated carbocycles. The number of piperazine rings is 1. The molecule has 2 heterocycles. The van der Waals surface area contributed by atoms with Crippen LogP contribution in [0.4, 0.5) is 5.69 Å². The van der Waals surface area contributed by atoms with Gasteiger partial charge >= 0.3 is 0 Å². The lowest BCUT2D eigenvalue weighted by Crippen LogP contribution is -2.47. The first-order chi connectivity index (χ1) is 10.7. The van der Waals surface area contributed by atoms with E-state index in [2.05, 4.69) is 33.9 Å². The number of benzene rings is 1. The molecule has 4 nitrogen and oxygen atoms in total. The standard InChI is InChI=1S/C18H27N3O/c1-19-10-12-20(13-11-19)14-16-6-8-21(9-7-16)18-4-2-17(15-22)3-5-18/h2-5,15-16H,6-14H2,1H3. The fourth-order valence-electron chi connectivity index (χ4n) is 3.53. The average Bonchev–Trinajstić information content (AvgIpc) is 2.58. The van der Waals surface area contributed by atoms with E-state index in [0.717, 1.165) is 30.9 Å². The molecule has 2 aliphatic heterocycles. The highest BCUT2D eigenvalue weighted by molar-refractivity contribution is 5.75. The van der Waals surface area contributed by atoms with Crippen LogP contribution in [0.5, 0.6) is 0 Å². The minimum Gasteiger partial charge on any atom is -0.372 e. The predicted octanol–water partition coefficient (Wildman–Crippen LogP) is 1.96. The summed E-state index contributed by atoms with van der Waals surface area (Å²) in [6.07, 6.45) is 3.47. The first-order valence-electron chi connectivity index (χ1n) is 8.45. The van der Waals surface area contributed by atoms with Gasteiger partial charge in [0.05, 0.1) is 0 Å². The number of hydrogen-bond acceptors (Lipinski definition) is 4. The highest BCUT2D eigenvalue weighted by Crippen LogP contribution is 2.24. The number of rotatable bonds is 4. The van der Waals surface area contributed by atoms with Crippen LogP contribution in [0.25, 0.3) is 0 Å². The Morgan fingerprint density at radius 1 is 1.00 bits per heavy atom. The van der Waals surface area contributed by atoms with E-state index in [4.69, 9.17) is 0 Å². The van der Waals surface area contributed by atoms with Gasteiger partial charge in [-0.25, -0.2) is 0 Å². The molecule has 2 saturated heterocycles. The average molecular weight is 301 g/mol. The maximum atomic E-state index is 10.7. The Hall–Kier alpha value is -1.39. The zero-order valence-corrected chi connectivity index (χ0v) is 13.6. The summed E-state index contributed by atoms with van der Waals surface area (Å²) >= 11 is 0. The number of carbonyl (C=O) groups excluding carboxylic acids is 1. The topological polar surface area (TPSA) is 26.8 Å². The van der Waals surface area contributed by atoms with Crippen molar-refractivity contribution in [3.05, 3.63) is 29.8 Å². The van der Waals surface area contributed by atoms with Crippen molar-refractivity contribution in [1.29, 1.82) is 0 Å². The molecular formula is C18H27N3O. The van der Waals surface area contributed by atoms with E-state index in [0.29, 0.717) is 0 Å². The molecule has 1 aromatic rings. The zero-order chi connectivity index (χ0) is 15.4. The smallest absolute Gasteiger partial charge is 0.150 e. The molecule has 22 heavy (non-hydrogen) atoms. The lowest BCUT2D eigenvalue weighted by Gasteiger charge is -2.38. The molecule has 0 amide bonds. The Labute approximate surface area is 133 Å². The second-order valence-corrected chi connectivity index (χ2v) is 6.74. The normalized spacial score (nSPS) is 22.0. The second-order valence-electron chi connectivity index (χ2n) is 6.74. The van der Waals surface area contributed by atoms with Crippen molar-refractivity contribution in [2.45, 2.75) is 12.8 Å². The van der Waals surface area contributed by atoms with Gasteiger partial charge in [-0.1, -0.05) is 0 Å². The largest absolute Gasteiger partial charge is 0.372 e. The van der Waals surface area contributed by atoms with E-state index in [1.54, 1.807) is 0 Å². The van der Waals surface area contributed by atoms with Gasteiger partial charge in [0.15, 0.2) is 0 Å². The molecule has 2 fully saturated rings. The molecule has 0 unspecified atom stereocenters. The Morgan fingerprint density at radius 3 is 2.23 bits per heavy atom. The van der Waals surface area contributed by atoms with Gasteiger partial charge in [-0.3, -0.25) is 4.79 Å². The van der Waals surface area contributed by atoms with Gasteiger partial charge in [0, 0.05) is 57.1 Å². The van der Waals surface area contributed by atoms with Crippen molar-refractivity contribution in [2.75, 3.05) is 57.8 Å². The molecule has 0 bridgehead atoms. The van der Waals surface area contributed by atoms with Crippen LogP contribution in [0.3, 0.4) is 0 Å². The molecule has 1 aromatic carbocycles. The zero-order valence-electron chi connectivity index (χ0n) is 13.6. The van der Waals surface area contributed by atoms with Gasteiger partial charge in [-0.15, -0.1) is 0 Å². The molecular weight excluding hydrogens is 274 g/mol. The van der Waals surface area contributed by atoms with Crippen molar-refractivity contribution in [3.8, 4) is 0 Å². The van der Waals surface area contributed by atoms with Crippen LogP contribution in [-0.4, -0.2) is 68.9 Å². The third-order valence-corrected chi connectivity index (χ3v) is 5.12. The number of piperidine rings is 1. The Bertz CT molecular complexity index is 472. The van der Waals surface area contributed by atoms with Crippen molar-refractivity contribution < 1.29 is 4.79 Å². The Balaban J connectivity index is 1.46. The molecule has 4 heteroatoms. The van der Waals surface area contributed by atoms with E-state index in [-0.39, 0.29) is 0 Å². The molecule has 120 valence electrons. The van der Waals surface area contributed by atoms with Crippen molar-refractivity contribution in [3.63, 3.8) is 0 Å². The first-order valence-corrected chi connectivity index (χ1v) is 8.45. The summed E-state index contributed by atoms with van der Waals surface area (Å²) in [5, 5.41) is 0. The minimum absolute atomic E-state index is 0.758. The number of likely N-dealkylation sites (N-methyl/N-ethyl adjacent to an activating group) is 1.